The summed E-state index contributed by atoms with van der Waals surface area (Å²) in [6, 6.07) is 9.98. The molecule has 1 aromatic rings. The molecule has 0 aromatic heterocycles. The lowest BCUT2D eigenvalue weighted by Gasteiger charge is -2.15. The van der Waals surface area contributed by atoms with Crippen molar-refractivity contribution in [3.8, 4) is 5.75 Å². The van der Waals surface area contributed by atoms with Crippen molar-refractivity contribution in [1.82, 2.24) is 9.80 Å². The molecule has 0 bridgehead atoms. The van der Waals surface area contributed by atoms with E-state index in [2.05, 4.69) is 43.1 Å². The number of ether oxygens (including phenoxy) is 1. The van der Waals surface area contributed by atoms with Crippen LogP contribution < -0.4 is 4.74 Å². The lowest BCUT2D eigenvalue weighted by Crippen LogP contribution is -2.25. The summed E-state index contributed by atoms with van der Waals surface area (Å²) in [5.74, 6) is 0.949. The van der Waals surface area contributed by atoms with Crippen LogP contribution in [-0.4, -0.2) is 57.2 Å². The van der Waals surface area contributed by atoms with Gasteiger partial charge in [0.05, 0.1) is 0 Å². The molecule has 0 aliphatic rings. The Bertz CT molecular complexity index is 363. The van der Waals surface area contributed by atoms with Gasteiger partial charge in [0.15, 0.2) is 0 Å². The van der Waals surface area contributed by atoms with Crippen LogP contribution in [0.1, 0.15) is 12.8 Å². The summed E-state index contributed by atoms with van der Waals surface area (Å²) in [6.45, 7) is 3.90. The van der Waals surface area contributed by atoms with Crippen LogP contribution in [0, 0.1) is 0 Å². The normalized spacial score (nSPS) is 11.7. The van der Waals surface area contributed by atoms with Crippen molar-refractivity contribution in [2.24, 2.45) is 0 Å². The number of para-hydroxylation sites is 1. The fourth-order valence-electron chi connectivity index (χ4n) is 1.81. The van der Waals surface area contributed by atoms with Gasteiger partial charge < -0.3 is 14.5 Å². The van der Waals surface area contributed by atoms with E-state index in [1.165, 1.54) is 0 Å². The van der Waals surface area contributed by atoms with Crippen molar-refractivity contribution in [3.63, 3.8) is 0 Å². The number of hydrogen-bond donors (Lipinski definition) is 0. The number of rotatable bonds is 10. The molecular formula is C17H28N2O. The molecule has 0 aliphatic carbocycles. The zero-order chi connectivity index (χ0) is 14.6. The number of benzene rings is 1. The molecule has 0 aliphatic heterocycles. The van der Waals surface area contributed by atoms with Gasteiger partial charge in [0.2, 0.25) is 0 Å². The van der Waals surface area contributed by atoms with Crippen LogP contribution in [-0.2, 0) is 0 Å². The smallest absolute Gasteiger partial charge is 0.119 e. The fourth-order valence-corrected chi connectivity index (χ4v) is 1.81. The molecule has 0 radical (unpaired) electrons. The van der Waals surface area contributed by atoms with Crippen molar-refractivity contribution in [2.45, 2.75) is 12.8 Å². The van der Waals surface area contributed by atoms with E-state index in [-0.39, 0.29) is 0 Å². The van der Waals surface area contributed by atoms with Gasteiger partial charge in [-0.25, -0.2) is 0 Å². The molecule has 0 spiro atoms. The second-order valence-corrected chi connectivity index (χ2v) is 5.32. The highest BCUT2D eigenvalue weighted by atomic mass is 16.5. The maximum absolute atomic E-state index is 5.68. The molecule has 0 amide bonds. The summed E-state index contributed by atoms with van der Waals surface area (Å²) in [6.07, 6.45) is 6.79. The minimum Gasteiger partial charge on any atom is -0.492 e. The largest absolute Gasteiger partial charge is 0.492 e. The summed E-state index contributed by atoms with van der Waals surface area (Å²) < 4.78 is 5.68. The minimum absolute atomic E-state index is 0.741. The Morgan fingerprint density at radius 2 is 1.55 bits per heavy atom. The summed E-state index contributed by atoms with van der Waals surface area (Å²) in [5.41, 5.74) is 0. The molecule has 0 saturated heterocycles. The highest BCUT2D eigenvalue weighted by molar-refractivity contribution is 5.20. The van der Waals surface area contributed by atoms with Crippen molar-refractivity contribution in [2.75, 3.05) is 47.4 Å². The standard InChI is InChI=1S/C17H28N2O/c1-18(2)13-9-4-5-10-14-19(3)15-16-20-17-11-7-6-8-12-17/h4-8,11-12H,9-10,13-16H2,1-3H3/b5-4-. The first-order chi connectivity index (χ1) is 9.68. The van der Waals surface area contributed by atoms with Crippen molar-refractivity contribution in [3.05, 3.63) is 42.5 Å². The highest BCUT2D eigenvalue weighted by Crippen LogP contribution is 2.07. The molecule has 0 N–H and O–H groups in total. The molecule has 0 atom stereocenters. The molecule has 0 saturated carbocycles. The Kier molecular flexibility index (Phi) is 8.76. The average Bonchev–Trinajstić information content (AvgIpc) is 2.43. The van der Waals surface area contributed by atoms with E-state index in [1.54, 1.807) is 0 Å². The van der Waals surface area contributed by atoms with Crippen molar-refractivity contribution in [1.29, 1.82) is 0 Å². The van der Waals surface area contributed by atoms with Gasteiger partial charge in [-0.2, -0.15) is 0 Å². The Morgan fingerprint density at radius 3 is 2.20 bits per heavy atom. The molecule has 0 unspecified atom stereocenters. The third kappa shape index (κ3) is 8.73. The SMILES string of the molecule is CN(C)CC/C=C\CCN(C)CCOc1ccccc1. The summed E-state index contributed by atoms with van der Waals surface area (Å²) in [5, 5.41) is 0. The third-order valence-electron chi connectivity index (χ3n) is 3.07. The van der Waals surface area contributed by atoms with Gasteiger partial charge in [-0.3, -0.25) is 0 Å². The first-order valence-electron chi connectivity index (χ1n) is 7.34. The third-order valence-corrected chi connectivity index (χ3v) is 3.07. The van der Waals surface area contributed by atoms with E-state index in [1.807, 2.05) is 30.3 Å². The molecule has 1 aromatic carbocycles. The maximum Gasteiger partial charge on any atom is 0.119 e. The lowest BCUT2D eigenvalue weighted by atomic mass is 10.3. The predicted molar refractivity (Wildman–Crippen MR) is 86.4 cm³/mol. The predicted octanol–water partition coefficient (Wildman–Crippen LogP) is 2.90. The number of hydrogen-bond acceptors (Lipinski definition) is 3. The van der Waals surface area contributed by atoms with Gasteiger partial charge in [-0.05, 0) is 46.1 Å². The number of nitrogens with zero attached hydrogens (tertiary/aromatic N) is 2. The van der Waals surface area contributed by atoms with Gasteiger partial charge >= 0.3 is 0 Å². The van der Waals surface area contributed by atoms with E-state index < -0.39 is 0 Å². The molecule has 0 heterocycles. The fraction of sp³-hybridized carbons (Fsp3) is 0.529. The van der Waals surface area contributed by atoms with Crippen LogP contribution in [0.5, 0.6) is 5.75 Å². The van der Waals surface area contributed by atoms with Gasteiger partial charge in [0.1, 0.15) is 12.4 Å². The molecule has 1 rings (SSSR count). The second kappa shape index (κ2) is 10.5. The quantitative estimate of drug-likeness (QED) is 0.611. The zero-order valence-corrected chi connectivity index (χ0v) is 13.1. The minimum atomic E-state index is 0.741. The van der Waals surface area contributed by atoms with Crippen LogP contribution in [0.4, 0.5) is 0 Å². The first kappa shape index (κ1) is 16.7. The van der Waals surface area contributed by atoms with Crippen LogP contribution in [0.15, 0.2) is 42.5 Å². The molecule has 20 heavy (non-hydrogen) atoms. The Balaban J connectivity index is 2.01. The maximum atomic E-state index is 5.68. The summed E-state index contributed by atoms with van der Waals surface area (Å²) >= 11 is 0. The van der Waals surface area contributed by atoms with Gasteiger partial charge in [0, 0.05) is 19.6 Å². The van der Waals surface area contributed by atoms with Crippen molar-refractivity contribution >= 4 is 0 Å². The molecular weight excluding hydrogens is 248 g/mol. The summed E-state index contributed by atoms with van der Waals surface area (Å²) in [7, 11) is 6.35. The Morgan fingerprint density at radius 1 is 0.900 bits per heavy atom. The second-order valence-electron chi connectivity index (χ2n) is 5.32. The summed E-state index contributed by atoms with van der Waals surface area (Å²) in [4.78, 5) is 4.51. The van der Waals surface area contributed by atoms with Crippen LogP contribution in [0.3, 0.4) is 0 Å². The molecule has 0 fully saturated rings. The van der Waals surface area contributed by atoms with Crippen LogP contribution in [0.2, 0.25) is 0 Å². The van der Waals surface area contributed by atoms with Crippen molar-refractivity contribution < 1.29 is 4.74 Å². The van der Waals surface area contributed by atoms with Gasteiger partial charge in [-0.1, -0.05) is 30.4 Å². The van der Waals surface area contributed by atoms with Crippen LogP contribution >= 0.6 is 0 Å². The highest BCUT2D eigenvalue weighted by Gasteiger charge is 1.97. The molecule has 3 heteroatoms. The monoisotopic (exact) mass is 276 g/mol. The van der Waals surface area contributed by atoms with E-state index in [0.717, 1.165) is 44.8 Å². The first-order valence-corrected chi connectivity index (χ1v) is 7.34. The van der Waals surface area contributed by atoms with E-state index in [9.17, 15) is 0 Å². The van der Waals surface area contributed by atoms with Gasteiger partial charge in [-0.15, -0.1) is 0 Å². The Labute approximate surface area is 123 Å². The van der Waals surface area contributed by atoms with Crippen LogP contribution in [0.25, 0.3) is 0 Å². The zero-order valence-electron chi connectivity index (χ0n) is 13.1. The number of likely N-dealkylation sites (N-methyl/N-ethyl adjacent to an activating group) is 1. The molecule has 112 valence electrons. The van der Waals surface area contributed by atoms with Gasteiger partial charge in [0.25, 0.3) is 0 Å². The van der Waals surface area contributed by atoms with E-state index >= 15 is 0 Å². The molecule has 3 nitrogen and oxygen atoms in total. The van der Waals surface area contributed by atoms with E-state index in [0.29, 0.717) is 0 Å². The Hall–Kier alpha value is -1.32. The topological polar surface area (TPSA) is 15.7 Å². The van der Waals surface area contributed by atoms with E-state index in [4.69, 9.17) is 4.74 Å². The average molecular weight is 276 g/mol. The lowest BCUT2D eigenvalue weighted by molar-refractivity contribution is 0.239.